The van der Waals surface area contributed by atoms with Gasteiger partial charge in [0.05, 0.1) is 0 Å². The van der Waals surface area contributed by atoms with E-state index >= 15 is 0 Å². The van der Waals surface area contributed by atoms with Gasteiger partial charge in [-0.3, -0.25) is 4.90 Å². The van der Waals surface area contributed by atoms with Crippen LogP contribution in [0.1, 0.15) is 29.5 Å². The van der Waals surface area contributed by atoms with Crippen LogP contribution in [0.15, 0.2) is 18.2 Å². The fourth-order valence-electron chi connectivity index (χ4n) is 3.48. The van der Waals surface area contributed by atoms with Crippen LogP contribution in [-0.2, 0) is 6.54 Å². The smallest absolute Gasteiger partial charge is 0.0236 e. The average Bonchev–Trinajstić information content (AvgIpc) is 2.81. The topological polar surface area (TPSA) is 15.3 Å². The zero-order valence-electron chi connectivity index (χ0n) is 11.6. The van der Waals surface area contributed by atoms with Crippen LogP contribution < -0.4 is 5.32 Å². The van der Waals surface area contributed by atoms with Crippen LogP contribution >= 0.6 is 0 Å². The Hall–Kier alpha value is -0.860. The van der Waals surface area contributed by atoms with E-state index in [4.69, 9.17) is 0 Å². The maximum atomic E-state index is 3.64. The van der Waals surface area contributed by atoms with Crippen molar-refractivity contribution in [2.24, 2.45) is 5.92 Å². The number of piperidine rings is 1. The molecule has 0 radical (unpaired) electrons. The molecule has 1 N–H and O–H groups in total. The van der Waals surface area contributed by atoms with Crippen LogP contribution in [0, 0.1) is 19.8 Å². The zero-order valence-corrected chi connectivity index (χ0v) is 11.6. The van der Waals surface area contributed by atoms with E-state index in [2.05, 4.69) is 42.3 Å². The number of nitrogens with one attached hydrogen (secondary N) is 1. The maximum Gasteiger partial charge on any atom is 0.0236 e. The number of hydrogen-bond donors (Lipinski definition) is 1. The van der Waals surface area contributed by atoms with Crippen molar-refractivity contribution >= 4 is 0 Å². The highest BCUT2D eigenvalue weighted by Gasteiger charge is 2.32. The Morgan fingerprint density at radius 3 is 3.06 bits per heavy atom. The summed E-state index contributed by atoms with van der Waals surface area (Å²) >= 11 is 0. The minimum Gasteiger partial charge on any atom is -0.314 e. The van der Waals surface area contributed by atoms with Gasteiger partial charge in [0.25, 0.3) is 0 Å². The van der Waals surface area contributed by atoms with E-state index in [1.54, 1.807) is 0 Å². The van der Waals surface area contributed by atoms with Crippen LogP contribution in [-0.4, -0.2) is 30.6 Å². The van der Waals surface area contributed by atoms with Gasteiger partial charge < -0.3 is 5.32 Å². The second-order valence-corrected chi connectivity index (χ2v) is 6.06. The summed E-state index contributed by atoms with van der Waals surface area (Å²) in [5.74, 6) is 0.892. The van der Waals surface area contributed by atoms with E-state index in [0.717, 1.165) is 18.5 Å². The molecule has 0 aromatic heterocycles. The summed E-state index contributed by atoms with van der Waals surface area (Å²) in [6.07, 6.45) is 2.70. The van der Waals surface area contributed by atoms with E-state index in [0.29, 0.717) is 0 Å². The molecule has 3 rings (SSSR count). The van der Waals surface area contributed by atoms with Gasteiger partial charge in [-0.1, -0.05) is 23.8 Å². The molecule has 0 spiro atoms. The second-order valence-electron chi connectivity index (χ2n) is 6.06. The van der Waals surface area contributed by atoms with Crippen molar-refractivity contribution in [2.45, 2.75) is 39.3 Å². The molecule has 2 unspecified atom stereocenters. The first-order valence-corrected chi connectivity index (χ1v) is 7.24. The fraction of sp³-hybridized carbons (Fsp3) is 0.625. The van der Waals surface area contributed by atoms with E-state index in [-0.39, 0.29) is 0 Å². The molecule has 98 valence electrons. The van der Waals surface area contributed by atoms with Crippen LogP contribution in [0.4, 0.5) is 0 Å². The number of benzene rings is 1. The van der Waals surface area contributed by atoms with Crippen LogP contribution in [0.3, 0.4) is 0 Å². The van der Waals surface area contributed by atoms with Gasteiger partial charge >= 0.3 is 0 Å². The normalized spacial score (nSPS) is 28.3. The molecule has 2 saturated heterocycles. The average molecular weight is 244 g/mol. The second kappa shape index (κ2) is 5.02. The summed E-state index contributed by atoms with van der Waals surface area (Å²) in [7, 11) is 0. The summed E-state index contributed by atoms with van der Waals surface area (Å²) in [4.78, 5) is 2.65. The van der Waals surface area contributed by atoms with Gasteiger partial charge in [0.1, 0.15) is 0 Å². The molecule has 2 fully saturated rings. The molecule has 0 bridgehead atoms. The highest BCUT2D eigenvalue weighted by Crippen LogP contribution is 2.26. The van der Waals surface area contributed by atoms with Gasteiger partial charge in [0.15, 0.2) is 0 Å². The molecule has 1 aromatic rings. The number of rotatable bonds is 2. The quantitative estimate of drug-likeness (QED) is 0.860. The first-order valence-electron chi connectivity index (χ1n) is 7.24. The standard InChI is InChI=1S/C16H24N2/c1-12-3-4-13(2)15(9-12)11-18-8-6-16-14(10-18)5-7-17-16/h3-4,9,14,16-17H,5-8,10-11H2,1-2H3. The number of fused-ring (bicyclic) bond motifs is 1. The third-order valence-electron chi connectivity index (χ3n) is 4.64. The molecule has 0 aliphatic carbocycles. The lowest BCUT2D eigenvalue weighted by molar-refractivity contribution is 0.155. The van der Waals surface area contributed by atoms with Gasteiger partial charge in [-0.25, -0.2) is 0 Å². The van der Waals surface area contributed by atoms with Crippen molar-refractivity contribution in [2.75, 3.05) is 19.6 Å². The number of nitrogens with zero attached hydrogens (tertiary/aromatic N) is 1. The van der Waals surface area contributed by atoms with E-state index in [1.807, 2.05) is 0 Å². The summed E-state index contributed by atoms with van der Waals surface area (Å²) in [5, 5.41) is 3.64. The number of likely N-dealkylation sites (tertiary alicyclic amines) is 1. The predicted molar refractivity (Wildman–Crippen MR) is 75.7 cm³/mol. The Morgan fingerprint density at radius 2 is 2.17 bits per heavy atom. The van der Waals surface area contributed by atoms with E-state index < -0.39 is 0 Å². The van der Waals surface area contributed by atoms with Crippen LogP contribution in [0.25, 0.3) is 0 Å². The molecule has 2 atom stereocenters. The lowest BCUT2D eigenvalue weighted by Crippen LogP contribution is -2.44. The molecule has 0 saturated carbocycles. The molecule has 1 aromatic carbocycles. The lowest BCUT2D eigenvalue weighted by atomic mass is 9.92. The van der Waals surface area contributed by atoms with Crippen molar-refractivity contribution in [3.05, 3.63) is 34.9 Å². The Morgan fingerprint density at radius 1 is 1.28 bits per heavy atom. The predicted octanol–water partition coefficient (Wildman–Crippen LogP) is 2.49. The molecule has 2 nitrogen and oxygen atoms in total. The molecular formula is C16H24N2. The van der Waals surface area contributed by atoms with E-state index in [1.165, 1.54) is 49.2 Å². The van der Waals surface area contributed by atoms with Crippen LogP contribution in [0.5, 0.6) is 0 Å². The van der Waals surface area contributed by atoms with Crippen molar-refractivity contribution < 1.29 is 0 Å². The molecule has 2 heteroatoms. The SMILES string of the molecule is Cc1ccc(C)c(CN2CCC3NCCC3C2)c1. The van der Waals surface area contributed by atoms with Gasteiger partial charge in [0, 0.05) is 19.1 Å². The third-order valence-corrected chi connectivity index (χ3v) is 4.64. The highest BCUT2D eigenvalue weighted by atomic mass is 15.2. The Bertz CT molecular complexity index is 427. The van der Waals surface area contributed by atoms with Crippen molar-refractivity contribution in [1.82, 2.24) is 10.2 Å². The molecule has 18 heavy (non-hydrogen) atoms. The molecule has 2 heterocycles. The minimum atomic E-state index is 0.805. The Balaban J connectivity index is 1.67. The summed E-state index contributed by atoms with van der Waals surface area (Å²) in [6, 6.07) is 7.63. The Labute approximate surface area is 110 Å². The monoisotopic (exact) mass is 244 g/mol. The van der Waals surface area contributed by atoms with Crippen molar-refractivity contribution in [3.8, 4) is 0 Å². The summed E-state index contributed by atoms with van der Waals surface area (Å²) < 4.78 is 0. The van der Waals surface area contributed by atoms with Gasteiger partial charge in [0.2, 0.25) is 0 Å². The lowest BCUT2D eigenvalue weighted by Gasteiger charge is -2.35. The summed E-state index contributed by atoms with van der Waals surface area (Å²) in [5.41, 5.74) is 4.33. The first kappa shape index (κ1) is 12.2. The molecule has 2 aliphatic heterocycles. The fourth-order valence-corrected chi connectivity index (χ4v) is 3.48. The zero-order chi connectivity index (χ0) is 12.5. The highest BCUT2D eigenvalue weighted by molar-refractivity contribution is 5.30. The van der Waals surface area contributed by atoms with Gasteiger partial charge in [-0.2, -0.15) is 0 Å². The largest absolute Gasteiger partial charge is 0.314 e. The first-order chi connectivity index (χ1) is 8.72. The van der Waals surface area contributed by atoms with Gasteiger partial charge in [-0.15, -0.1) is 0 Å². The number of hydrogen-bond acceptors (Lipinski definition) is 2. The molecular weight excluding hydrogens is 220 g/mol. The maximum absolute atomic E-state index is 3.64. The summed E-state index contributed by atoms with van der Waals surface area (Å²) in [6.45, 7) is 9.32. The van der Waals surface area contributed by atoms with Crippen molar-refractivity contribution in [1.29, 1.82) is 0 Å². The van der Waals surface area contributed by atoms with Crippen LogP contribution in [0.2, 0.25) is 0 Å². The third kappa shape index (κ3) is 2.45. The number of aryl methyl sites for hydroxylation is 2. The van der Waals surface area contributed by atoms with Gasteiger partial charge in [-0.05, 0) is 56.8 Å². The van der Waals surface area contributed by atoms with Crippen molar-refractivity contribution in [3.63, 3.8) is 0 Å². The minimum absolute atomic E-state index is 0.805. The molecule has 0 amide bonds. The molecule has 2 aliphatic rings. The Kier molecular flexibility index (Phi) is 3.40. The van der Waals surface area contributed by atoms with E-state index in [9.17, 15) is 0 Å².